The molecule has 23 heavy (non-hydrogen) atoms. The molecule has 1 aromatic heterocycles. The van der Waals surface area contributed by atoms with Crippen molar-refractivity contribution >= 4 is 6.72 Å². The van der Waals surface area contributed by atoms with Gasteiger partial charge in [0, 0.05) is 23.7 Å². The Hall–Kier alpha value is -2.76. The molecule has 0 aromatic carbocycles. The predicted molar refractivity (Wildman–Crippen MR) is 87.4 cm³/mol. The molecule has 0 amide bonds. The molecule has 1 rings (SSSR count). The summed E-state index contributed by atoms with van der Waals surface area (Å²) in [4.78, 5) is 7.29. The second-order valence-corrected chi connectivity index (χ2v) is 4.76. The van der Waals surface area contributed by atoms with Crippen LogP contribution in [0, 0.1) is 11.6 Å². The number of ether oxygens (including phenoxy) is 1. The molecule has 122 valence electrons. The van der Waals surface area contributed by atoms with Gasteiger partial charge in [-0.3, -0.25) is 9.98 Å². The van der Waals surface area contributed by atoms with E-state index in [2.05, 4.69) is 35.2 Å². The van der Waals surface area contributed by atoms with Crippen LogP contribution in [0.1, 0.15) is 19.5 Å². The molecule has 4 nitrogen and oxygen atoms in total. The molecule has 1 heterocycles. The molecule has 0 aliphatic carbocycles. The number of rotatable bonds is 8. The van der Waals surface area contributed by atoms with Gasteiger partial charge in [-0.2, -0.15) is 0 Å². The van der Waals surface area contributed by atoms with Crippen LogP contribution in [0.3, 0.4) is 0 Å². The number of nitrogens with zero attached hydrogens (tertiary/aromatic N) is 2. The van der Waals surface area contributed by atoms with E-state index in [9.17, 15) is 8.78 Å². The molecule has 0 aliphatic heterocycles. The molecule has 0 spiro atoms. The molecule has 0 saturated carbocycles. The monoisotopic (exact) mass is 319 g/mol. The van der Waals surface area contributed by atoms with Gasteiger partial charge in [-0.1, -0.05) is 13.2 Å². The largest absolute Gasteiger partial charge is 0.488 e. The Bertz CT molecular complexity index is 678. The summed E-state index contributed by atoms with van der Waals surface area (Å²) in [5.74, 6) is -1.19. The molecule has 0 radical (unpaired) electrons. The van der Waals surface area contributed by atoms with Gasteiger partial charge >= 0.3 is 0 Å². The first-order chi connectivity index (χ1) is 10.8. The van der Waals surface area contributed by atoms with E-state index in [4.69, 9.17) is 4.74 Å². The highest BCUT2D eigenvalue weighted by molar-refractivity contribution is 5.32. The zero-order chi connectivity index (χ0) is 17.4. The van der Waals surface area contributed by atoms with Gasteiger partial charge in [0.05, 0.1) is 6.20 Å². The molecule has 0 atom stereocenters. The van der Waals surface area contributed by atoms with Crippen molar-refractivity contribution in [3.8, 4) is 0 Å². The van der Waals surface area contributed by atoms with E-state index in [0.29, 0.717) is 11.5 Å². The molecule has 6 heteroatoms. The average Bonchev–Trinajstić information content (AvgIpc) is 2.46. The van der Waals surface area contributed by atoms with Gasteiger partial charge < -0.3 is 10.1 Å². The van der Waals surface area contributed by atoms with E-state index in [1.807, 2.05) is 6.92 Å². The van der Waals surface area contributed by atoms with Gasteiger partial charge in [-0.05, 0) is 32.2 Å². The Labute approximate surface area is 134 Å². The summed E-state index contributed by atoms with van der Waals surface area (Å²) in [5, 5.41) is 3.04. The molecule has 0 unspecified atom stereocenters. The van der Waals surface area contributed by atoms with Crippen molar-refractivity contribution in [2.24, 2.45) is 4.99 Å². The molecule has 0 bridgehead atoms. The van der Waals surface area contributed by atoms with E-state index < -0.39 is 11.6 Å². The second kappa shape index (κ2) is 8.63. The highest BCUT2D eigenvalue weighted by Gasteiger charge is 2.06. The standard InChI is InChI=1S/C17H19F2N3O/c1-11(8-20-5)14(4)22-12(2)6-13(3)23-10-17-16(19)7-15(18)9-21-17/h6-9,22H,3-5,10H2,1-2H3/b11-8-,12-6-. The van der Waals surface area contributed by atoms with E-state index in [1.54, 1.807) is 19.2 Å². The van der Waals surface area contributed by atoms with Gasteiger partial charge in [-0.15, -0.1) is 0 Å². The van der Waals surface area contributed by atoms with Crippen LogP contribution in [-0.4, -0.2) is 11.7 Å². The zero-order valence-electron chi connectivity index (χ0n) is 13.2. The molecule has 0 saturated heterocycles. The molecule has 1 aromatic rings. The maximum absolute atomic E-state index is 13.4. The van der Waals surface area contributed by atoms with Crippen molar-refractivity contribution in [1.82, 2.24) is 10.3 Å². The lowest BCUT2D eigenvalue weighted by Crippen LogP contribution is -2.11. The van der Waals surface area contributed by atoms with Gasteiger partial charge in [0.1, 0.15) is 23.9 Å². The third-order valence-corrected chi connectivity index (χ3v) is 2.76. The zero-order valence-corrected chi connectivity index (χ0v) is 13.2. The van der Waals surface area contributed by atoms with Crippen molar-refractivity contribution in [1.29, 1.82) is 0 Å². The van der Waals surface area contributed by atoms with Crippen LogP contribution in [0.4, 0.5) is 8.78 Å². The van der Waals surface area contributed by atoms with Crippen LogP contribution < -0.4 is 5.32 Å². The van der Waals surface area contributed by atoms with Crippen molar-refractivity contribution in [2.45, 2.75) is 20.5 Å². The fourth-order valence-corrected chi connectivity index (χ4v) is 1.58. The molecule has 1 N–H and O–H groups in total. The third kappa shape index (κ3) is 6.25. The first kappa shape index (κ1) is 18.3. The average molecular weight is 319 g/mol. The van der Waals surface area contributed by atoms with E-state index in [1.165, 1.54) is 0 Å². The van der Waals surface area contributed by atoms with Crippen LogP contribution in [0.25, 0.3) is 0 Å². The van der Waals surface area contributed by atoms with Crippen molar-refractivity contribution in [3.05, 3.63) is 77.8 Å². The summed E-state index contributed by atoms with van der Waals surface area (Å²) in [6, 6.07) is 0.754. The SMILES string of the molecule is C=N/C=C(/C)C(=C)N/C(C)=C\C(=C)OCc1ncc(F)cc1F. The normalized spacial score (nSPS) is 11.8. The lowest BCUT2D eigenvalue weighted by Gasteiger charge is -2.11. The van der Waals surface area contributed by atoms with Crippen LogP contribution in [0.15, 0.2) is 65.4 Å². The Morgan fingerprint density at radius 2 is 2.09 bits per heavy atom. The number of halogens is 2. The summed E-state index contributed by atoms with van der Waals surface area (Å²) >= 11 is 0. The predicted octanol–water partition coefficient (Wildman–Crippen LogP) is 4.00. The highest BCUT2D eigenvalue weighted by atomic mass is 19.1. The van der Waals surface area contributed by atoms with Crippen molar-refractivity contribution < 1.29 is 13.5 Å². The van der Waals surface area contributed by atoms with Crippen LogP contribution in [-0.2, 0) is 11.3 Å². The Balaban J connectivity index is 2.59. The number of hydrogen-bond donors (Lipinski definition) is 1. The van der Waals surface area contributed by atoms with Crippen LogP contribution in [0.5, 0.6) is 0 Å². The minimum absolute atomic E-state index is 0.00630. The summed E-state index contributed by atoms with van der Waals surface area (Å²) < 4.78 is 31.5. The van der Waals surface area contributed by atoms with Gasteiger partial charge in [-0.25, -0.2) is 8.78 Å². The number of aromatic nitrogens is 1. The first-order valence-electron chi connectivity index (χ1n) is 6.72. The lowest BCUT2D eigenvalue weighted by atomic mass is 10.2. The Kier molecular flexibility index (Phi) is 6.86. The van der Waals surface area contributed by atoms with E-state index >= 15 is 0 Å². The quantitative estimate of drug-likeness (QED) is 0.447. The topological polar surface area (TPSA) is 46.5 Å². The Morgan fingerprint density at radius 3 is 2.70 bits per heavy atom. The molecular formula is C17H19F2N3O. The molecule has 0 fully saturated rings. The first-order valence-corrected chi connectivity index (χ1v) is 6.72. The minimum Gasteiger partial charge on any atom is -0.488 e. The van der Waals surface area contributed by atoms with Gasteiger partial charge in [0.15, 0.2) is 5.82 Å². The molecular weight excluding hydrogens is 300 g/mol. The number of aliphatic imine (C=N–C) groups is 1. The third-order valence-electron chi connectivity index (χ3n) is 2.76. The molecule has 0 aliphatic rings. The van der Waals surface area contributed by atoms with E-state index in [-0.39, 0.29) is 12.3 Å². The summed E-state index contributed by atoms with van der Waals surface area (Å²) in [7, 11) is 0. The number of hydrogen-bond acceptors (Lipinski definition) is 4. The summed E-state index contributed by atoms with van der Waals surface area (Å²) in [5.41, 5.74) is 2.22. The van der Waals surface area contributed by atoms with Gasteiger partial charge in [0.25, 0.3) is 0 Å². The number of nitrogens with one attached hydrogen (secondary N) is 1. The smallest absolute Gasteiger partial charge is 0.151 e. The van der Waals surface area contributed by atoms with Gasteiger partial charge in [0.2, 0.25) is 0 Å². The van der Waals surface area contributed by atoms with Crippen LogP contribution >= 0.6 is 0 Å². The van der Waals surface area contributed by atoms with Crippen molar-refractivity contribution in [2.75, 3.05) is 0 Å². The van der Waals surface area contributed by atoms with E-state index in [0.717, 1.165) is 23.5 Å². The maximum atomic E-state index is 13.4. The lowest BCUT2D eigenvalue weighted by molar-refractivity contribution is 0.204. The fraction of sp³-hybridized carbons (Fsp3) is 0.176. The summed E-state index contributed by atoms with van der Waals surface area (Å²) in [6.07, 6.45) is 4.14. The Morgan fingerprint density at radius 1 is 1.39 bits per heavy atom. The van der Waals surface area contributed by atoms with Crippen molar-refractivity contribution in [3.63, 3.8) is 0 Å². The minimum atomic E-state index is -0.761. The fourth-order valence-electron chi connectivity index (χ4n) is 1.58. The van der Waals surface area contributed by atoms with Crippen LogP contribution in [0.2, 0.25) is 0 Å². The highest BCUT2D eigenvalue weighted by Crippen LogP contribution is 2.11. The maximum Gasteiger partial charge on any atom is 0.151 e. The number of allylic oxidation sites excluding steroid dienone is 3. The summed E-state index contributed by atoms with van der Waals surface area (Å²) in [6.45, 7) is 14.4. The number of pyridine rings is 1. The second-order valence-electron chi connectivity index (χ2n) is 4.76.